The number of hydrogen-bond donors (Lipinski definition) is 1. The van der Waals surface area contributed by atoms with Crippen LogP contribution in [0.1, 0.15) is 29.3 Å². The SMILES string of the molecule is O=C(CN1CCC[C@H](c2nc3ccccc3s2)C1)Nc1ccc(CN2CCOCC2)cc1. The molecule has 1 atom stereocenters. The van der Waals surface area contributed by atoms with Gasteiger partial charge in [0.1, 0.15) is 0 Å². The Hall–Kier alpha value is -2.32. The molecule has 0 aliphatic carbocycles. The molecule has 0 spiro atoms. The molecular weight excluding hydrogens is 420 g/mol. The lowest BCUT2D eigenvalue weighted by atomic mass is 9.99. The minimum absolute atomic E-state index is 0.0517. The summed E-state index contributed by atoms with van der Waals surface area (Å²) < 4.78 is 6.66. The normalized spacial score (nSPS) is 20.4. The lowest BCUT2D eigenvalue weighted by Crippen LogP contribution is -2.39. The van der Waals surface area contributed by atoms with E-state index in [4.69, 9.17) is 9.72 Å². The maximum Gasteiger partial charge on any atom is 0.238 e. The molecule has 3 aromatic rings. The van der Waals surface area contributed by atoms with Gasteiger partial charge < -0.3 is 10.1 Å². The molecule has 2 aliphatic rings. The first kappa shape index (κ1) is 21.5. The smallest absolute Gasteiger partial charge is 0.238 e. The van der Waals surface area contributed by atoms with Crippen LogP contribution in [0.25, 0.3) is 10.2 Å². The second-order valence-corrected chi connectivity index (χ2v) is 9.79. The highest BCUT2D eigenvalue weighted by molar-refractivity contribution is 7.18. The standard InChI is InChI=1S/C25H30N4O2S/c30-24(26-21-9-7-19(8-10-21)16-28-12-14-31-15-13-28)18-29-11-3-4-20(17-29)25-27-22-5-1-2-6-23(22)32-25/h1-2,5-10,20H,3-4,11-18H2,(H,26,30)/t20-/m0/s1. The Morgan fingerprint density at radius 3 is 2.69 bits per heavy atom. The van der Waals surface area contributed by atoms with E-state index in [2.05, 4.69) is 45.4 Å². The van der Waals surface area contributed by atoms with Crippen molar-refractivity contribution in [2.75, 3.05) is 51.3 Å². The van der Waals surface area contributed by atoms with E-state index in [1.807, 2.05) is 18.2 Å². The average molecular weight is 451 g/mol. The Morgan fingerprint density at radius 1 is 1.06 bits per heavy atom. The third-order valence-electron chi connectivity index (χ3n) is 6.28. The van der Waals surface area contributed by atoms with Crippen molar-refractivity contribution in [2.45, 2.75) is 25.3 Å². The van der Waals surface area contributed by atoms with Gasteiger partial charge in [0.05, 0.1) is 35.0 Å². The Labute approximate surface area is 193 Å². The second-order valence-electron chi connectivity index (χ2n) is 8.73. The summed E-state index contributed by atoms with van der Waals surface area (Å²) in [4.78, 5) is 22.2. The number of anilines is 1. The zero-order chi connectivity index (χ0) is 21.8. The van der Waals surface area contributed by atoms with Gasteiger partial charge >= 0.3 is 0 Å². The predicted octanol–water partition coefficient (Wildman–Crippen LogP) is 3.95. The van der Waals surface area contributed by atoms with Crippen molar-refractivity contribution < 1.29 is 9.53 Å². The van der Waals surface area contributed by atoms with Crippen LogP contribution in [0.3, 0.4) is 0 Å². The predicted molar refractivity (Wildman–Crippen MR) is 129 cm³/mol. The number of piperidine rings is 1. The number of para-hydroxylation sites is 1. The van der Waals surface area contributed by atoms with Crippen LogP contribution in [-0.4, -0.2) is 66.6 Å². The quantitative estimate of drug-likeness (QED) is 0.616. The fourth-order valence-corrected chi connectivity index (χ4v) is 5.67. The molecule has 2 aliphatic heterocycles. The van der Waals surface area contributed by atoms with Gasteiger partial charge in [-0.3, -0.25) is 14.6 Å². The van der Waals surface area contributed by atoms with Crippen molar-refractivity contribution in [3.63, 3.8) is 0 Å². The van der Waals surface area contributed by atoms with Crippen molar-refractivity contribution in [2.24, 2.45) is 0 Å². The zero-order valence-electron chi connectivity index (χ0n) is 18.3. The first-order chi connectivity index (χ1) is 15.7. The number of fused-ring (bicyclic) bond motifs is 1. The van der Waals surface area contributed by atoms with Gasteiger partial charge in [-0.2, -0.15) is 0 Å². The number of nitrogens with one attached hydrogen (secondary N) is 1. The summed E-state index contributed by atoms with van der Waals surface area (Å²) in [5.41, 5.74) is 3.21. The number of rotatable bonds is 6. The molecule has 6 nitrogen and oxygen atoms in total. The summed E-state index contributed by atoms with van der Waals surface area (Å²) in [6.07, 6.45) is 2.24. The van der Waals surface area contributed by atoms with Crippen LogP contribution in [-0.2, 0) is 16.1 Å². The largest absolute Gasteiger partial charge is 0.379 e. The molecule has 168 valence electrons. The summed E-state index contributed by atoms with van der Waals surface area (Å²) in [6, 6.07) is 16.5. The summed E-state index contributed by atoms with van der Waals surface area (Å²) in [6.45, 7) is 6.79. The van der Waals surface area contributed by atoms with E-state index in [9.17, 15) is 4.79 Å². The Bertz CT molecular complexity index is 1010. The van der Waals surface area contributed by atoms with Crippen LogP contribution in [0.15, 0.2) is 48.5 Å². The Kier molecular flexibility index (Phi) is 6.78. The minimum atomic E-state index is 0.0517. The highest BCUT2D eigenvalue weighted by atomic mass is 32.1. The van der Waals surface area contributed by atoms with Gasteiger partial charge in [0.25, 0.3) is 0 Å². The van der Waals surface area contributed by atoms with E-state index in [1.165, 1.54) is 15.3 Å². The van der Waals surface area contributed by atoms with Gasteiger partial charge in [0.15, 0.2) is 0 Å². The van der Waals surface area contributed by atoms with Crippen LogP contribution in [0.5, 0.6) is 0 Å². The number of morpholine rings is 1. The van der Waals surface area contributed by atoms with Crippen LogP contribution >= 0.6 is 11.3 Å². The molecule has 5 rings (SSSR count). The molecule has 2 fully saturated rings. The van der Waals surface area contributed by atoms with Gasteiger partial charge in [-0.05, 0) is 49.2 Å². The first-order valence-corrected chi connectivity index (χ1v) is 12.3. The molecule has 1 N–H and O–H groups in total. The van der Waals surface area contributed by atoms with Gasteiger partial charge in [0.2, 0.25) is 5.91 Å². The maximum atomic E-state index is 12.7. The summed E-state index contributed by atoms with van der Waals surface area (Å²) in [7, 11) is 0. The number of aromatic nitrogens is 1. The first-order valence-electron chi connectivity index (χ1n) is 11.5. The maximum absolute atomic E-state index is 12.7. The summed E-state index contributed by atoms with van der Waals surface area (Å²) in [5, 5.41) is 4.27. The number of thiazole rings is 1. The van der Waals surface area contributed by atoms with Crippen molar-refractivity contribution in [1.82, 2.24) is 14.8 Å². The number of carbonyl (C=O) groups is 1. The molecular formula is C25H30N4O2S. The van der Waals surface area contributed by atoms with Crippen LogP contribution in [0.4, 0.5) is 5.69 Å². The molecule has 0 bridgehead atoms. The van der Waals surface area contributed by atoms with Crippen molar-refractivity contribution >= 4 is 33.1 Å². The summed E-state index contributed by atoms with van der Waals surface area (Å²) in [5.74, 6) is 0.462. The molecule has 2 saturated heterocycles. The second kappa shape index (κ2) is 10.1. The number of nitrogens with zero attached hydrogens (tertiary/aromatic N) is 3. The van der Waals surface area contributed by atoms with Crippen LogP contribution in [0, 0.1) is 0 Å². The molecule has 1 amide bonds. The molecule has 2 aromatic carbocycles. The number of likely N-dealkylation sites (tertiary alicyclic amines) is 1. The van der Waals surface area contributed by atoms with E-state index in [1.54, 1.807) is 11.3 Å². The van der Waals surface area contributed by atoms with Gasteiger partial charge in [-0.15, -0.1) is 11.3 Å². The van der Waals surface area contributed by atoms with E-state index >= 15 is 0 Å². The molecule has 0 unspecified atom stereocenters. The van der Waals surface area contributed by atoms with Gasteiger partial charge in [-0.25, -0.2) is 4.98 Å². The highest BCUT2D eigenvalue weighted by Crippen LogP contribution is 2.32. The third-order valence-corrected chi connectivity index (χ3v) is 7.48. The van der Waals surface area contributed by atoms with Crippen molar-refractivity contribution in [1.29, 1.82) is 0 Å². The monoisotopic (exact) mass is 450 g/mol. The van der Waals surface area contributed by atoms with Gasteiger partial charge in [0, 0.05) is 37.8 Å². The van der Waals surface area contributed by atoms with Crippen molar-refractivity contribution in [3.05, 3.63) is 59.1 Å². The fourth-order valence-electron chi connectivity index (χ4n) is 4.58. The van der Waals surface area contributed by atoms with Crippen molar-refractivity contribution in [3.8, 4) is 0 Å². The molecule has 1 aromatic heterocycles. The van der Waals surface area contributed by atoms with E-state index in [-0.39, 0.29) is 5.91 Å². The fraction of sp³-hybridized carbons (Fsp3) is 0.440. The molecule has 32 heavy (non-hydrogen) atoms. The minimum Gasteiger partial charge on any atom is -0.379 e. The number of hydrogen-bond acceptors (Lipinski definition) is 6. The number of ether oxygens (including phenoxy) is 1. The molecule has 0 radical (unpaired) electrons. The number of amides is 1. The lowest BCUT2D eigenvalue weighted by molar-refractivity contribution is -0.117. The van der Waals surface area contributed by atoms with Gasteiger partial charge in [-0.1, -0.05) is 24.3 Å². The molecule has 0 saturated carbocycles. The third kappa shape index (κ3) is 5.35. The Morgan fingerprint density at radius 2 is 1.88 bits per heavy atom. The summed E-state index contributed by atoms with van der Waals surface area (Å²) >= 11 is 1.79. The number of carbonyl (C=O) groups excluding carboxylic acids is 1. The topological polar surface area (TPSA) is 57.7 Å². The number of benzene rings is 2. The molecule has 7 heteroatoms. The van der Waals surface area contributed by atoms with Crippen LogP contribution in [0.2, 0.25) is 0 Å². The average Bonchev–Trinajstić information content (AvgIpc) is 3.26. The van der Waals surface area contributed by atoms with E-state index in [0.717, 1.165) is 70.0 Å². The highest BCUT2D eigenvalue weighted by Gasteiger charge is 2.25. The zero-order valence-corrected chi connectivity index (χ0v) is 19.2. The van der Waals surface area contributed by atoms with E-state index in [0.29, 0.717) is 12.5 Å². The van der Waals surface area contributed by atoms with Crippen LogP contribution < -0.4 is 5.32 Å². The lowest BCUT2D eigenvalue weighted by Gasteiger charge is -2.31. The Balaban J connectivity index is 1.13. The molecule has 3 heterocycles. The van der Waals surface area contributed by atoms with E-state index < -0.39 is 0 Å².